The maximum atomic E-state index is 11.4. The molecule has 0 radical (unpaired) electrons. The molecule has 0 aliphatic rings. The molecule has 0 amide bonds. The molecule has 0 saturated carbocycles. The highest BCUT2D eigenvalue weighted by Crippen LogP contribution is 2.23. The van der Waals surface area contributed by atoms with Crippen molar-refractivity contribution in [1.29, 1.82) is 0 Å². The van der Waals surface area contributed by atoms with Crippen LogP contribution in [-0.4, -0.2) is 28.6 Å². The van der Waals surface area contributed by atoms with Crippen LogP contribution in [0.15, 0.2) is 58.7 Å². The van der Waals surface area contributed by atoms with Crippen LogP contribution in [-0.2, 0) is 15.8 Å². The lowest BCUT2D eigenvalue weighted by Gasteiger charge is -2.00. The van der Waals surface area contributed by atoms with Gasteiger partial charge in [-0.15, -0.1) is 0 Å². The third-order valence-electron chi connectivity index (χ3n) is 2.97. The van der Waals surface area contributed by atoms with Crippen molar-refractivity contribution >= 4 is 21.8 Å². The van der Waals surface area contributed by atoms with Crippen molar-refractivity contribution in [1.82, 2.24) is 20.2 Å². The molecule has 118 valence electrons. The van der Waals surface area contributed by atoms with Crippen molar-refractivity contribution in [3.63, 3.8) is 0 Å². The van der Waals surface area contributed by atoms with Crippen LogP contribution in [0.25, 0.3) is 11.4 Å². The van der Waals surface area contributed by atoms with Gasteiger partial charge in [-0.2, -0.15) is 5.10 Å². The first-order chi connectivity index (χ1) is 11.0. The molecule has 2 heterocycles. The van der Waals surface area contributed by atoms with Crippen molar-refractivity contribution in [2.24, 2.45) is 5.14 Å². The van der Waals surface area contributed by atoms with Gasteiger partial charge in [0.25, 0.3) is 0 Å². The van der Waals surface area contributed by atoms with Gasteiger partial charge < -0.3 is 0 Å². The van der Waals surface area contributed by atoms with E-state index in [1.807, 2.05) is 18.2 Å². The Morgan fingerprint density at radius 1 is 1.17 bits per heavy atom. The molecular formula is C14H13N5O2S2. The van der Waals surface area contributed by atoms with E-state index in [2.05, 4.69) is 20.2 Å². The maximum absolute atomic E-state index is 11.4. The molecule has 0 aliphatic carbocycles. The molecule has 9 heteroatoms. The van der Waals surface area contributed by atoms with Crippen LogP contribution >= 0.6 is 11.8 Å². The Balaban J connectivity index is 1.77. The molecule has 3 rings (SSSR count). The molecule has 7 nitrogen and oxygen atoms in total. The third kappa shape index (κ3) is 3.95. The number of hydrogen-bond donors (Lipinski definition) is 2. The maximum Gasteiger partial charge on any atom is 0.238 e. The van der Waals surface area contributed by atoms with E-state index in [1.165, 1.54) is 23.9 Å². The highest BCUT2D eigenvalue weighted by molar-refractivity contribution is 7.98. The first-order valence-corrected chi connectivity index (χ1v) is 9.14. The Hall–Kier alpha value is -2.23. The number of sulfonamides is 1. The number of primary sulfonamides is 1. The van der Waals surface area contributed by atoms with Gasteiger partial charge in [0.1, 0.15) is 0 Å². The summed E-state index contributed by atoms with van der Waals surface area (Å²) in [5.41, 5.74) is 1.52. The van der Waals surface area contributed by atoms with E-state index in [-0.39, 0.29) is 4.90 Å². The summed E-state index contributed by atoms with van der Waals surface area (Å²) < 4.78 is 22.8. The minimum Gasteiger partial charge on any atom is -0.260 e. The number of thioether (sulfide) groups is 1. The fourth-order valence-corrected chi connectivity index (χ4v) is 3.15. The molecule has 0 bridgehead atoms. The van der Waals surface area contributed by atoms with Crippen molar-refractivity contribution in [2.45, 2.75) is 15.8 Å². The van der Waals surface area contributed by atoms with E-state index in [9.17, 15) is 8.42 Å². The zero-order valence-electron chi connectivity index (χ0n) is 11.9. The van der Waals surface area contributed by atoms with Gasteiger partial charge in [0, 0.05) is 17.5 Å². The van der Waals surface area contributed by atoms with Gasteiger partial charge in [0.2, 0.25) is 10.0 Å². The van der Waals surface area contributed by atoms with Crippen LogP contribution in [0.5, 0.6) is 0 Å². The molecule has 23 heavy (non-hydrogen) atoms. The van der Waals surface area contributed by atoms with Gasteiger partial charge in [-0.05, 0) is 24.3 Å². The largest absolute Gasteiger partial charge is 0.260 e. The van der Waals surface area contributed by atoms with Crippen LogP contribution in [0, 0.1) is 0 Å². The van der Waals surface area contributed by atoms with Crippen molar-refractivity contribution in [3.8, 4) is 11.4 Å². The Kier molecular flexibility index (Phi) is 4.42. The van der Waals surface area contributed by atoms with Crippen molar-refractivity contribution < 1.29 is 8.42 Å². The highest BCUT2D eigenvalue weighted by atomic mass is 32.2. The summed E-state index contributed by atoms with van der Waals surface area (Å²) in [4.78, 5) is 8.62. The lowest BCUT2D eigenvalue weighted by atomic mass is 10.2. The van der Waals surface area contributed by atoms with Gasteiger partial charge in [0.05, 0.1) is 10.6 Å². The molecule has 0 aliphatic heterocycles. The third-order valence-corrected chi connectivity index (χ3v) is 4.78. The first-order valence-electron chi connectivity index (χ1n) is 6.61. The van der Waals surface area contributed by atoms with Gasteiger partial charge >= 0.3 is 0 Å². The fourth-order valence-electron chi connectivity index (χ4n) is 1.88. The van der Waals surface area contributed by atoms with E-state index in [4.69, 9.17) is 5.14 Å². The predicted molar refractivity (Wildman–Crippen MR) is 87.0 cm³/mol. The van der Waals surface area contributed by atoms with E-state index in [1.54, 1.807) is 18.3 Å². The van der Waals surface area contributed by atoms with Gasteiger partial charge in [-0.3, -0.25) is 10.1 Å². The Morgan fingerprint density at radius 2 is 2.04 bits per heavy atom. The normalized spacial score (nSPS) is 11.5. The van der Waals surface area contributed by atoms with Crippen molar-refractivity contribution in [3.05, 3.63) is 54.4 Å². The Labute approximate surface area is 137 Å². The molecular weight excluding hydrogens is 334 g/mol. The molecule has 0 spiro atoms. The average Bonchev–Trinajstić information content (AvgIpc) is 3.02. The number of nitrogens with one attached hydrogen (secondary N) is 1. The molecule has 0 unspecified atom stereocenters. The molecule has 3 aromatic rings. The molecule has 1 aromatic carbocycles. The van der Waals surface area contributed by atoms with Crippen LogP contribution in [0.2, 0.25) is 0 Å². The zero-order chi connectivity index (χ0) is 16.3. The minimum absolute atomic E-state index is 0.0301. The summed E-state index contributed by atoms with van der Waals surface area (Å²) in [6.45, 7) is 0. The van der Waals surface area contributed by atoms with Crippen LogP contribution in [0.3, 0.4) is 0 Å². The number of aromatic nitrogens is 4. The smallest absolute Gasteiger partial charge is 0.238 e. The number of rotatable bonds is 5. The Bertz CT molecular complexity index is 910. The number of pyridine rings is 1. The van der Waals surface area contributed by atoms with E-state index >= 15 is 0 Å². The predicted octanol–water partition coefficient (Wildman–Crippen LogP) is 1.81. The first kappa shape index (κ1) is 15.7. The summed E-state index contributed by atoms with van der Waals surface area (Å²) in [6, 6.07) is 11.9. The minimum atomic E-state index is -3.75. The van der Waals surface area contributed by atoms with Gasteiger partial charge in [0.15, 0.2) is 11.0 Å². The van der Waals surface area contributed by atoms with Crippen LogP contribution in [0.1, 0.15) is 5.69 Å². The second-order valence-corrected chi connectivity index (χ2v) is 7.17. The summed E-state index contributed by atoms with van der Waals surface area (Å²) in [5, 5.41) is 12.7. The number of H-pyrrole nitrogens is 1. The quantitative estimate of drug-likeness (QED) is 0.680. The number of benzene rings is 1. The molecule has 0 atom stereocenters. The molecule has 3 N–H and O–H groups in total. The van der Waals surface area contributed by atoms with Gasteiger partial charge in [-0.1, -0.05) is 30.0 Å². The Morgan fingerprint density at radius 3 is 2.78 bits per heavy atom. The average molecular weight is 347 g/mol. The number of hydrogen-bond acceptors (Lipinski definition) is 6. The number of aromatic amines is 1. The second kappa shape index (κ2) is 6.49. The van der Waals surface area contributed by atoms with E-state index in [0.29, 0.717) is 22.3 Å². The monoisotopic (exact) mass is 347 g/mol. The number of nitrogens with zero attached hydrogens (tertiary/aromatic N) is 3. The second-order valence-electron chi connectivity index (χ2n) is 4.65. The molecule has 2 aromatic heterocycles. The van der Waals surface area contributed by atoms with Gasteiger partial charge in [-0.25, -0.2) is 18.5 Å². The SMILES string of the molecule is NS(=O)(=O)c1cccc(-c2n[nH]c(SCc3ccccn3)n2)c1. The lowest BCUT2D eigenvalue weighted by Crippen LogP contribution is -2.11. The topological polar surface area (TPSA) is 115 Å². The highest BCUT2D eigenvalue weighted by Gasteiger charge is 2.12. The summed E-state index contributed by atoms with van der Waals surface area (Å²) in [6.07, 6.45) is 1.74. The standard InChI is InChI=1S/C14H13N5O2S2/c15-23(20,21)12-6-3-4-10(8-12)13-17-14(19-18-13)22-9-11-5-1-2-7-16-11/h1-8H,9H2,(H2,15,20,21)(H,17,18,19). The van der Waals surface area contributed by atoms with Crippen molar-refractivity contribution in [2.75, 3.05) is 0 Å². The van der Waals surface area contributed by atoms with Crippen LogP contribution in [0.4, 0.5) is 0 Å². The van der Waals surface area contributed by atoms with E-state index in [0.717, 1.165) is 5.69 Å². The molecule has 0 saturated heterocycles. The van der Waals surface area contributed by atoms with Crippen LogP contribution < -0.4 is 5.14 Å². The zero-order valence-corrected chi connectivity index (χ0v) is 13.5. The lowest BCUT2D eigenvalue weighted by molar-refractivity contribution is 0.598. The summed E-state index contributed by atoms with van der Waals surface area (Å²) in [5.74, 6) is 1.08. The fraction of sp³-hybridized carbons (Fsp3) is 0.0714. The molecule has 0 fully saturated rings. The summed E-state index contributed by atoms with van der Waals surface area (Å²) in [7, 11) is -3.75. The summed E-state index contributed by atoms with van der Waals surface area (Å²) >= 11 is 1.46. The van der Waals surface area contributed by atoms with E-state index < -0.39 is 10.0 Å². The number of nitrogens with two attached hydrogens (primary N) is 1.